The van der Waals surface area contributed by atoms with Crippen LogP contribution in [0, 0.1) is 11.8 Å². The van der Waals surface area contributed by atoms with Crippen LogP contribution in [0.5, 0.6) is 0 Å². The molecule has 1 aliphatic heterocycles. The van der Waals surface area contributed by atoms with E-state index in [-0.39, 0.29) is 35.6 Å². The second-order valence-corrected chi connectivity index (χ2v) is 6.16. The lowest BCUT2D eigenvalue weighted by molar-refractivity contribution is -0.155. The minimum Gasteiger partial charge on any atom is -0.454 e. The zero-order chi connectivity index (χ0) is 17.7. The molecule has 7 nitrogen and oxygen atoms in total. The Labute approximate surface area is 141 Å². The third-order valence-electron chi connectivity index (χ3n) is 4.60. The molecule has 1 saturated heterocycles. The molecule has 2 atom stereocenters. The summed E-state index contributed by atoms with van der Waals surface area (Å²) < 4.78 is 4.89. The molecule has 0 radical (unpaired) electrons. The van der Waals surface area contributed by atoms with Gasteiger partial charge in [-0.3, -0.25) is 24.1 Å². The third-order valence-corrected chi connectivity index (χ3v) is 4.60. The van der Waals surface area contributed by atoms with Gasteiger partial charge in [0.15, 0.2) is 6.61 Å². The quantitative estimate of drug-likeness (QED) is 0.421. The number of carbonyl (C=O) groups is 4. The predicted octanol–water partition coefficient (Wildman–Crippen LogP) is 0.786. The number of nitrogens with one attached hydrogen (secondary N) is 1. The van der Waals surface area contributed by atoms with E-state index in [0.29, 0.717) is 12.8 Å². The highest BCUT2D eigenvalue weighted by Gasteiger charge is 2.47. The monoisotopic (exact) mass is 336 g/mol. The van der Waals surface area contributed by atoms with Gasteiger partial charge in [0, 0.05) is 6.04 Å². The molecule has 0 saturated carbocycles. The van der Waals surface area contributed by atoms with Gasteiger partial charge in [0.1, 0.15) is 6.54 Å². The van der Waals surface area contributed by atoms with Crippen molar-refractivity contribution in [1.82, 2.24) is 10.2 Å². The Morgan fingerprint density at radius 2 is 1.71 bits per heavy atom. The highest BCUT2D eigenvalue weighted by molar-refractivity contribution is 6.07. The first kappa shape index (κ1) is 18.2. The van der Waals surface area contributed by atoms with Gasteiger partial charge in [0.2, 0.25) is 11.8 Å². The Bertz CT molecular complexity index is 527. The molecule has 1 fully saturated rings. The van der Waals surface area contributed by atoms with E-state index < -0.39 is 19.1 Å². The van der Waals surface area contributed by atoms with Crippen LogP contribution in [-0.4, -0.2) is 47.8 Å². The molecule has 0 bridgehead atoms. The number of likely N-dealkylation sites (tertiary alicyclic amines) is 1. The summed E-state index contributed by atoms with van der Waals surface area (Å²) in [6.07, 6.45) is 6.41. The molecule has 1 aliphatic carbocycles. The lowest BCUT2D eigenvalue weighted by Gasteiger charge is -2.16. The van der Waals surface area contributed by atoms with Gasteiger partial charge >= 0.3 is 5.97 Å². The molecule has 7 heteroatoms. The summed E-state index contributed by atoms with van der Waals surface area (Å²) in [6.45, 7) is 3.08. The van der Waals surface area contributed by atoms with Crippen LogP contribution in [0.1, 0.15) is 39.5 Å². The summed E-state index contributed by atoms with van der Waals surface area (Å²) in [5, 5.41) is 2.75. The predicted molar refractivity (Wildman–Crippen MR) is 85.5 cm³/mol. The molecule has 132 valence electrons. The van der Waals surface area contributed by atoms with Gasteiger partial charge in [0.25, 0.3) is 5.91 Å². The van der Waals surface area contributed by atoms with E-state index in [1.165, 1.54) is 0 Å². The van der Waals surface area contributed by atoms with E-state index in [0.717, 1.165) is 17.7 Å². The summed E-state index contributed by atoms with van der Waals surface area (Å²) in [5.74, 6) is -2.51. The maximum absolute atomic E-state index is 12.2. The van der Waals surface area contributed by atoms with Crippen molar-refractivity contribution in [3.05, 3.63) is 12.2 Å². The number of hydrogen-bond donors (Lipinski definition) is 1. The second-order valence-electron chi connectivity index (χ2n) is 6.16. The average molecular weight is 336 g/mol. The number of allylic oxidation sites excluding steroid dienone is 2. The fourth-order valence-electron chi connectivity index (χ4n) is 3.11. The van der Waals surface area contributed by atoms with Crippen LogP contribution in [0.4, 0.5) is 0 Å². The van der Waals surface area contributed by atoms with Crippen molar-refractivity contribution in [2.45, 2.75) is 45.6 Å². The molecule has 2 rings (SSSR count). The van der Waals surface area contributed by atoms with Gasteiger partial charge in [-0.25, -0.2) is 0 Å². The van der Waals surface area contributed by atoms with E-state index in [1.807, 2.05) is 26.0 Å². The van der Waals surface area contributed by atoms with Crippen LogP contribution in [0.2, 0.25) is 0 Å². The molecule has 0 aromatic rings. The van der Waals surface area contributed by atoms with Gasteiger partial charge in [0.05, 0.1) is 11.8 Å². The minimum absolute atomic E-state index is 0.0496. The van der Waals surface area contributed by atoms with Gasteiger partial charge in [-0.2, -0.15) is 0 Å². The molecule has 0 unspecified atom stereocenters. The normalized spacial score (nSPS) is 22.7. The Morgan fingerprint density at radius 1 is 1.17 bits per heavy atom. The highest BCUT2D eigenvalue weighted by Crippen LogP contribution is 2.34. The zero-order valence-corrected chi connectivity index (χ0v) is 14.1. The fraction of sp³-hybridized carbons (Fsp3) is 0.647. The van der Waals surface area contributed by atoms with Crippen molar-refractivity contribution in [3.63, 3.8) is 0 Å². The topological polar surface area (TPSA) is 92.8 Å². The first-order valence-corrected chi connectivity index (χ1v) is 8.43. The number of nitrogens with zero attached hydrogens (tertiary/aromatic N) is 1. The maximum atomic E-state index is 12.2. The lowest BCUT2D eigenvalue weighted by atomic mass is 9.85. The number of ether oxygens (including phenoxy) is 1. The number of hydrogen-bond acceptors (Lipinski definition) is 5. The lowest BCUT2D eigenvalue weighted by Crippen LogP contribution is -2.40. The van der Waals surface area contributed by atoms with Crippen molar-refractivity contribution < 1.29 is 23.9 Å². The zero-order valence-electron chi connectivity index (χ0n) is 14.1. The van der Waals surface area contributed by atoms with E-state index in [4.69, 9.17) is 4.74 Å². The number of fused-ring (bicyclic) bond motifs is 1. The van der Waals surface area contributed by atoms with Crippen LogP contribution in [0.15, 0.2) is 12.2 Å². The van der Waals surface area contributed by atoms with Crippen molar-refractivity contribution in [2.75, 3.05) is 13.2 Å². The number of esters is 1. The molecule has 2 aliphatic rings. The smallest absolute Gasteiger partial charge is 0.326 e. The molecule has 24 heavy (non-hydrogen) atoms. The van der Waals surface area contributed by atoms with Gasteiger partial charge in [-0.15, -0.1) is 0 Å². The molecule has 0 spiro atoms. The van der Waals surface area contributed by atoms with Crippen LogP contribution in [0.3, 0.4) is 0 Å². The summed E-state index contributed by atoms with van der Waals surface area (Å²) in [6, 6.07) is 0.0496. The van der Waals surface area contributed by atoms with Crippen LogP contribution >= 0.6 is 0 Å². The maximum Gasteiger partial charge on any atom is 0.326 e. The van der Waals surface area contributed by atoms with Crippen LogP contribution < -0.4 is 5.32 Å². The Kier molecular flexibility index (Phi) is 6.11. The van der Waals surface area contributed by atoms with Crippen molar-refractivity contribution in [2.24, 2.45) is 11.8 Å². The van der Waals surface area contributed by atoms with Crippen molar-refractivity contribution in [1.29, 1.82) is 0 Å². The summed E-state index contributed by atoms with van der Waals surface area (Å²) in [4.78, 5) is 49.0. The molecule has 1 heterocycles. The van der Waals surface area contributed by atoms with Crippen LogP contribution in [-0.2, 0) is 23.9 Å². The van der Waals surface area contributed by atoms with E-state index >= 15 is 0 Å². The molecule has 1 N–H and O–H groups in total. The Hall–Kier alpha value is -2.18. The fourth-order valence-corrected chi connectivity index (χ4v) is 3.11. The number of rotatable bonds is 7. The summed E-state index contributed by atoms with van der Waals surface area (Å²) in [7, 11) is 0. The molecular weight excluding hydrogens is 312 g/mol. The standard InChI is InChI=1S/C17H24N2O5/c1-3-11(4-2)18-14(20)10-24-15(21)9-19-16(22)12-7-5-6-8-13(12)17(19)23/h5-6,11-13H,3-4,7-10H2,1-2H3,(H,18,20)/t12-,13-/m1/s1. The van der Waals surface area contributed by atoms with Gasteiger partial charge in [-0.05, 0) is 25.7 Å². The molecule has 0 aromatic carbocycles. The number of amides is 3. The van der Waals surface area contributed by atoms with Crippen molar-refractivity contribution in [3.8, 4) is 0 Å². The number of carbonyl (C=O) groups excluding carboxylic acids is 4. The van der Waals surface area contributed by atoms with E-state index in [9.17, 15) is 19.2 Å². The number of imide groups is 1. The average Bonchev–Trinajstić information content (AvgIpc) is 2.83. The van der Waals surface area contributed by atoms with Crippen LogP contribution in [0.25, 0.3) is 0 Å². The van der Waals surface area contributed by atoms with Gasteiger partial charge < -0.3 is 10.1 Å². The first-order chi connectivity index (χ1) is 11.5. The Morgan fingerprint density at radius 3 is 2.21 bits per heavy atom. The minimum atomic E-state index is -0.747. The van der Waals surface area contributed by atoms with E-state index in [2.05, 4.69) is 5.32 Å². The molecule has 0 aromatic heterocycles. The highest BCUT2D eigenvalue weighted by atomic mass is 16.5. The summed E-state index contributed by atoms with van der Waals surface area (Å²) >= 11 is 0. The SMILES string of the molecule is CCC(CC)NC(=O)COC(=O)CN1C(=O)[C@@H]2CC=CC[C@H]2C1=O. The molecular formula is C17H24N2O5. The van der Waals surface area contributed by atoms with E-state index in [1.54, 1.807) is 0 Å². The summed E-state index contributed by atoms with van der Waals surface area (Å²) in [5.41, 5.74) is 0. The third kappa shape index (κ3) is 4.01. The molecule has 3 amide bonds. The van der Waals surface area contributed by atoms with Crippen molar-refractivity contribution >= 4 is 23.7 Å². The Balaban J connectivity index is 1.81. The first-order valence-electron chi connectivity index (χ1n) is 8.43. The largest absolute Gasteiger partial charge is 0.454 e. The van der Waals surface area contributed by atoms with Gasteiger partial charge in [-0.1, -0.05) is 26.0 Å². The second kappa shape index (κ2) is 8.08.